The second kappa shape index (κ2) is 4.56. The highest BCUT2D eigenvalue weighted by molar-refractivity contribution is 5.97. The minimum Gasteiger partial charge on any atom is -0.493 e. The largest absolute Gasteiger partial charge is 0.493 e. The molecule has 0 saturated carbocycles. The van der Waals surface area contributed by atoms with E-state index in [1.54, 1.807) is 14.2 Å². The van der Waals surface area contributed by atoms with E-state index in [1.165, 1.54) is 0 Å². The van der Waals surface area contributed by atoms with Crippen LogP contribution in [-0.2, 0) is 7.05 Å². The fourth-order valence-corrected chi connectivity index (χ4v) is 2.64. The van der Waals surface area contributed by atoms with Crippen molar-refractivity contribution in [3.8, 4) is 11.5 Å². The molecule has 0 saturated heterocycles. The minimum atomic E-state index is -0.0375. The molecule has 0 fully saturated rings. The van der Waals surface area contributed by atoms with E-state index in [9.17, 15) is 4.79 Å². The van der Waals surface area contributed by atoms with Gasteiger partial charge in [0.25, 0.3) is 0 Å². The van der Waals surface area contributed by atoms with Crippen LogP contribution < -0.4 is 14.9 Å². The van der Waals surface area contributed by atoms with Gasteiger partial charge < -0.3 is 14.0 Å². The van der Waals surface area contributed by atoms with Crippen molar-refractivity contribution in [3.63, 3.8) is 0 Å². The molecular formula is C16H15NO3. The number of hydrogen-bond acceptors (Lipinski definition) is 3. The van der Waals surface area contributed by atoms with Gasteiger partial charge >= 0.3 is 0 Å². The van der Waals surface area contributed by atoms with Crippen LogP contribution in [0.1, 0.15) is 0 Å². The normalized spacial score (nSPS) is 10.9. The first-order valence-electron chi connectivity index (χ1n) is 6.31. The van der Waals surface area contributed by atoms with Crippen molar-refractivity contribution in [3.05, 3.63) is 46.6 Å². The van der Waals surface area contributed by atoms with Crippen LogP contribution in [0.15, 0.2) is 41.2 Å². The summed E-state index contributed by atoms with van der Waals surface area (Å²) in [5, 5.41) is 1.22. The van der Waals surface area contributed by atoms with Crippen LogP contribution in [0.4, 0.5) is 0 Å². The molecule has 0 aliphatic heterocycles. The number of aryl methyl sites for hydroxylation is 1. The smallest absolute Gasteiger partial charge is 0.201 e. The number of ether oxygens (including phenoxy) is 2. The molecule has 0 spiro atoms. The van der Waals surface area contributed by atoms with Gasteiger partial charge in [-0.3, -0.25) is 4.79 Å². The van der Waals surface area contributed by atoms with E-state index in [0.717, 1.165) is 11.0 Å². The highest BCUT2D eigenvalue weighted by Gasteiger charge is 2.16. The topological polar surface area (TPSA) is 40.5 Å². The molecule has 102 valence electrons. The number of rotatable bonds is 2. The number of nitrogens with zero attached hydrogens (tertiary/aromatic N) is 1. The Balaban J connectivity index is 2.63. The molecular weight excluding hydrogens is 254 g/mol. The van der Waals surface area contributed by atoms with Gasteiger partial charge in [0, 0.05) is 12.4 Å². The van der Waals surface area contributed by atoms with Crippen LogP contribution in [0.3, 0.4) is 0 Å². The van der Waals surface area contributed by atoms with Gasteiger partial charge in [0.15, 0.2) is 11.5 Å². The van der Waals surface area contributed by atoms with Crippen LogP contribution >= 0.6 is 0 Å². The summed E-state index contributed by atoms with van der Waals surface area (Å²) in [6.45, 7) is 0. The van der Waals surface area contributed by atoms with Crippen molar-refractivity contribution in [2.45, 2.75) is 0 Å². The molecule has 0 aliphatic carbocycles. The molecule has 3 rings (SSSR count). The molecule has 4 heteroatoms. The maximum absolute atomic E-state index is 12.7. The molecule has 0 N–H and O–H groups in total. The number of pyridine rings is 1. The fraction of sp³-hybridized carbons (Fsp3) is 0.188. The maximum atomic E-state index is 12.7. The maximum Gasteiger partial charge on any atom is 0.201 e. The lowest BCUT2D eigenvalue weighted by atomic mass is 10.1. The van der Waals surface area contributed by atoms with E-state index in [0.29, 0.717) is 22.3 Å². The number of benzene rings is 2. The van der Waals surface area contributed by atoms with E-state index in [1.807, 2.05) is 48.0 Å². The summed E-state index contributed by atoms with van der Waals surface area (Å²) < 4.78 is 12.7. The first-order chi connectivity index (χ1) is 9.69. The predicted molar refractivity (Wildman–Crippen MR) is 79.8 cm³/mol. The SMILES string of the molecule is COc1ccc2c(c1OC)c(=O)c1ccccc1n2C. The van der Waals surface area contributed by atoms with Gasteiger partial charge in [0.05, 0.1) is 30.6 Å². The zero-order valence-corrected chi connectivity index (χ0v) is 11.6. The molecule has 0 radical (unpaired) electrons. The minimum absolute atomic E-state index is 0.0375. The summed E-state index contributed by atoms with van der Waals surface area (Å²) in [5.74, 6) is 1.05. The standard InChI is InChI=1S/C16H15NO3/c1-17-11-7-5-4-6-10(11)15(18)14-12(17)8-9-13(19-2)16(14)20-3/h4-9H,1-3H3. The van der Waals surface area contributed by atoms with Crippen molar-refractivity contribution in [1.29, 1.82) is 0 Å². The zero-order chi connectivity index (χ0) is 14.3. The first kappa shape index (κ1) is 12.5. The van der Waals surface area contributed by atoms with Crippen LogP contribution in [0, 0.1) is 0 Å². The van der Waals surface area contributed by atoms with Crippen molar-refractivity contribution in [2.24, 2.45) is 7.05 Å². The molecule has 0 aliphatic rings. The van der Waals surface area contributed by atoms with E-state index in [4.69, 9.17) is 9.47 Å². The van der Waals surface area contributed by atoms with Gasteiger partial charge in [-0.1, -0.05) is 12.1 Å². The lowest BCUT2D eigenvalue weighted by Gasteiger charge is -2.14. The van der Waals surface area contributed by atoms with Gasteiger partial charge in [-0.25, -0.2) is 0 Å². The van der Waals surface area contributed by atoms with Crippen molar-refractivity contribution in [2.75, 3.05) is 14.2 Å². The van der Waals surface area contributed by atoms with E-state index in [2.05, 4.69) is 0 Å². The quantitative estimate of drug-likeness (QED) is 0.672. The molecule has 3 aromatic rings. The van der Waals surface area contributed by atoms with Gasteiger partial charge in [0.1, 0.15) is 0 Å². The Morgan fingerprint density at radius 3 is 2.40 bits per heavy atom. The average molecular weight is 269 g/mol. The fourth-order valence-electron chi connectivity index (χ4n) is 2.64. The third-order valence-electron chi connectivity index (χ3n) is 3.62. The summed E-state index contributed by atoms with van der Waals surface area (Å²) in [4.78, 5) is 12.7. The summed E-state index contributed by atoms with van der Waals surface area (Å²) in [5.41, 5.74) is 1.69. The molecule has 1 heterocycles. The van der Waals surface area contributed by atoms with Crippen molar-refractivity contribution in [1.82, 2.24) is 4.57 Å². The van der Waals surface area contributed by atoms with E-state index < -0.39 is 0 Å². The third kappa shape index (κ3) is 1.58. The van der Waals surface area contributed by atoms with Crippen molar-refractivity contribution < 1.29 is 9.47 Å². The summed E-state index contributed by atoms with van der Waals surface area (Å²) >= 11 is 0. The van der Waals surface area contributed by atoms with Gasteiger partial charge in [-0.2, -0.15) is 0 Å². The Bertz CT molecular complexity index is 865. The third-order valence-corrected chi connectivity index (χ3v) is 3.62. The second-order valence-corrected chi connectivity index (χ2v) is 4.60. The second-order valence-electron chi connectivity index (χ2n) is 4.60. The zero-order valence-electron chi connectivity index (χ0n) is 11.6. The van der Waals surface area contributed by atoms with Crippen LogP contribution in [0.25, 0.3) is 21.8 Å². The lowest BCUT2D eigenvalue weighted by molar-refractivity contribution is 0.358. The monoisotopic (exact) mass is 269 g/mol. The molecule has 1 aromatic heterocycles. The van der Waals surface area contributed by atoms with E-state index in [-0.39, 0.29) is 5.43 Å². The summed E-state index contributed by atoms with van der Waals surface area (Å²) in [6.07, 6.45) is 0. The molecule has 20 heavy (non-hydrogen) atoms. The highest BCUT2D eigenvalue weighted by atomic mass is 16.5. The van der Waals surface area contributed by atoms with Crippen molar-refractivity contribution >= 4 is 21.8 Å². The number of methoxy groups -OCH3 is 2. The Kier molecular flexibility index (Phi) is 2.86. The Morgan fingerprint density at radius 1 is 0.950 bits per heavy atom. The molecule has 0 atom stereocenters. The van der Waals surface area contributed by atoms with Gasteiger partial charge in [-0.15, -0.1) is 0 Å². The number of aromatic nitrogens is 1. The van der Waals surface area contributed by atoms with Crippen LogP contribution in [0.2, 0.25) is 0 Å². The number of fused-ring (bicyclic) bond motifs is 2. The molecule has 2 aromatic carbocycles. The number of para-hydroxylation sites is 1. The molecule has 0 bridgehead atoms. The molecule has 4 nitrogen and oxygen atoms in total. The van der Waals surface area contributed by atoms with Gasteiger partial charge in [0.2, 0.25) is 5.43 Å². The Morgan fingerprint density at radius 2 is 1.70 bits per heavy atom. The molecule has 0 amide bonds. The van der Waals surface area contributed by atoms with Gasteiger partial charge in [-0.05, 0) is 24.3 Å². The average Bonchev–Trinajstić information content (AvgIpc) is 2.51. The van der Waals surface area contributed by atoms with Crippen LogP contribution in [-0.4, -0.2) is 18.8 Å². The number of hydrogen-bond donors (Lipinski definition) is 0. The highest BCUT2D eigenvalue weighted by Crippen LogP contribution is 2.34. The Hall–Kier alpha value is -2.49. The molecule has 0 unspecified atom stereocenters. The predicted octanol–water partition coefficient (Wildman–Crippen LogP) is 2.71. The van der Waals surface area contributed by atoms with E-state index >= 15 is 0 Å². The summed E-state index contributed by atoms with van der Waals surface area (Å²) in [6, 6.07) is 11.2. The summed E-state index contributed by atoms with van der Waals surface area (Å²) in [7, 11) is 5.05. The Labute approximate surface area is 116 Å². The van der Waals surface area contributed by atoms with Crippen LogP contribution in [0.5, 0.6) is 11.5 Å². The lowest BCUT2D eigenvalue weighted by Crippen LogP contribution is -2.10. The first-order valence-corrected chi connectivity index (χ1v) is 6.31.